The van der Waals surface area contributed by atoms with E-state index < -0.39 is 11.6 Å². The van der Waals surface area contributed by atoms with Crippen molar-refractivity contribution in [1.82, 2.24) is 0 Å². The van der Waals surface area contributed by atoms with Crippen LogP contribution in [0.25, 0.3) is 0 Å². The van der Waals surface area contributed by atoms with Gasteiger partial charge in [0.2, 0.25) is 5.67 Å². The molecule has 2 aromatic carbocycles. The van der Waals surface area contributed by atoms with Crippen LogP contribution in [-0.4, -0.2) is 5.91 Å². The fourth-order valence-electron chi connectivity index (χ4n) is 2.44. The van der Waals surface area contributed by atoms with Gasteiger partial charge in [0.1, 0.15) is 0 Å². The number of benzene rings is 2. The summed E-state index contributed by atoms with van der Waals surface area (Å²) in [6.45, 7) is 1.98. The molecule has 0 aliphatic carbocycles. The first-order valence-electron chi connectivity index (χ1n) is 6.25. The van der Waals surface area contributed by atoms with Crippen molar-refractivity contribution in [2.75, 3.05) is 5.32 Å². The molecule has 0 saturated heterocycles. The van der Waals surface area contributed by atoms with Crippen LogP contribution >= 0.6 is 0 Å². The summed E-state index contributed by atoms with van der Waals surface area (Å²) in [7, 11) is 0. The summed E-state index contributed by atoms with van der Waals surface area (Å²) in [5.41, 5.74) is 0.974. The number of para-hydroxylation sites is 1. The van der Waals surface area contributed by atoms with Crippen LogP contribution in [0.2, 0.25) is 0 Å². The van der Waals surface area contributed by atoms with Crippen LogP contribution in [0.15, 0.2) is 48.5 Å². The summed E-state index contributed by atoms with van der Waals surface area (Å²) < 4.78 is 15.1. The second kappa shape index (κ2) is 4.19. The SMILES string of the molecule is Cc1ccc(C[C@@]2(F)C(=O)Nc3ccccc32)cc1. The fourth-order valence-corrected chi connectivity index (χ4v) is 2.44. The van der Waals surface area contributed by atoms with Gasteiger partial charge in [0, 0.05) is 17.7 Å². The van der Waals surface area contributed by atoms with Gasteiger partial charge in [0.05, 0.1) is 0 Å². The van der Waals surface area contributed by atoms with Crippen LogP contribution in [0.3, 0.4) is 0 Å². The third-order valence-corrected chi connectivity index (χ3v) is 3.53. The Morgan fingerprint density at radius 2 is 1.79 bits per heavy atom. The average molecular weight is 255 g/mol. The zero-order valence-electron chi connectivity index (χ0n) is 10.6. The number of hydrogen-bond donors (Lipinski definition) is 1. The Kier molecular flexibility index (Phi) is 2.63. The summed E-state index contributed by atoms with van der Waals surface area (Å²) >= 11 is 0. The molecule has 2 aromatic rings. The zero-order valence-corrected chi connectivity index (χ0v) is 10.6. The van der Waals surface area contributed by atoms with Crippen molar-refractivity contribution in [2.24, 2.45) is 0 Å². The molecule has 1 aliphatic rings. The first kappa shape index (κ1) is 11.9. The number of nitrogens with one attached hydrogen (secondary N) is 1. The van der Waals surface area contributed by atoms with Crippen molar-refractivity contribution in [3.63, 3.8) is 0 Å². The molecule has 0 spiro atoms. The number of carbonyl (C=O) groups excluding carboxylic acids is 1. The van der Waals surface area contributed by atoms with Crippen molar-refractivity contribution >= 4 is 11.6 Å². The Morgan fingerprint density at radius 1 is 1.11 bits per heavy atom. The molecule has 0 unspecified atom stereocenters. The highest BCUT2D eigenvalue weighted by molar-refractivity contribution is 6.05. The molecule has 0 fully saturated rings. The van der Waals surface area contributed by atoms with E-state index in [-0.39, 0.29) is 6.42 Å². The van der Waals surface area contributed by atoms with E-state index in [9.17, 15) is 4.79 Å². The van der Waals surface area contributed by atoms with Gasteiger partial charge in [0.25, 0.3) is 5.91 Å². The van der Waals surface area contributed by atoms with E-state index in [1.54, 1.807) is 24.3 Å². The standard InChI is InChI=1S/C16H14FNO/c1-11-6-8-12(9-7-11)10-16(17)13-4-2-3-5-14(13)18-15(16)19/h2-9H,10H2,1H3,(H,18,19)/t16-/m0/s1. The number of rotatable bonds is 2. The van der Waals surface area contributed by atoms with Crippen LogP contribution < -0.4 is 5.32 Å². The number of halogens is 1. The van der Waals surface area contributed by atoms with E-state index in [4.69, 9.17) is 0 Å². The second-order valence-corrected chi connectivity index (χ2v) is 4.96. The van der Waals surface area contributed by atoms with Crippen molar-refractivity contribution in [3.05, 3.63) is 65.2 Å². The van der Waals surface area contributed by atoms with Gasteiger partial charge in [-0.2, -0.15) is 0 Å². The zero-order chi connectivity index (χ0) is 13.5. The van der Waals surface area contributed by atoms with Crippen molar-refractivity contribution in [3.8, 4) is 0 Å². The van der Waals surface area contributed by atoms with Crippen molar-refractivity contribution in [2.45, 2.75) is 19.0 Å². The van der Waals surface area contributed by atoms with Crippen LogP contribution in [0.5, 0.6) is 0 Å². The molecule has 2 nitrogen and oxygen atoms in total. The van der Waals surface area contributed by atoms with E-state index in [1.165, 1.54) is 0 Å². The molecule has 0 bridgehead atoms. The molecular formula is C16H14FNO. The maximum absolute atomic E-state index is 15.1. The molecule has 1 atom stereocenters. The highest BCUT2D eigenvalue weighted by atomic mass is 19.1. The fraction of sp³-hybridized carbons (Fsp3) is 0.188. The molecule has 1 amide bonds. The predicted octanol–water partition coefficient (Wildman–Crippen LogP) is 3.35. The lowest BCUT2D eigenvalue weighted by Crippen LogP contribution is -2.31. The molecule has 3 heteroatoms. The van der Waals surface area contributed by atoms with Gasteiger partial charge in [-0.05, 0) is 18.6 Å². The molecule has 3 rings (SSSR count). The monoisotopic (exact) mass is 255 g/mol. The van der Waals surface area contributed by atoms with E-state index in [2.05, 4.69) is 5.32 Å². The number of alkyl halides is 1. The number of carbonyl (C=O) groups is 1. The highest BCUT2D eigenvalue weighted by Gasteiger charge is 2.47. The van der Waals surface area contributed by atoms with E-state index >= 15 is 4.39 Å². The molecular weight excluding hydrogens is 241 g/mol. The van der Waals surface area contributed by atoms with Crippen LogP contribution in [0.1, 0.15) is 16.7 Å². The van der Waals surface area contributed by atoms with Gasteiger partial charge in [-0.1, -0.05) is 48.0 Å². The Bertz CT molecular complexity index is 635. The first-order valence-corrected chi connectivity index (χ1v) is 6.25. The maximum Gasteiger partial charge on any atom is 0.267 e. The van der Waals surface area contributed by atoms with Gasteiger partial charge in [-0.3, -0.25) is 4.79 Å². The lowest BCUT2D eigenvalue weighted by molar-refractivity contribution is -0.126. The summed E-state index contributed by atoms with van der Waals surface area (Å²) in [5, 5.41) is 2.61. The largest absolute Gasteiger partial charge is 0.323 e. The van der Waals surface area contributed by atoms with Gasteiger partial charge in [0.15, 0.2) is 0 Å². The number of anilines is 1. The van der Waals surface area contributed by atoms with Gasteiger partial charge < -0.3 is 5.32 Å². The normalized spacial score (nSPS) is 21.1. The van der Waals surface area contributed by atoms with Gasteiger partial charge in [-0.25, -0.2) is 4.39 Å². The number of hydrogen-bond acceptors (Lipinski definition) is 1. The molecule has 0 aromatic heterocycles. The minimum atomic E-state index is -1.97. The van der Waals surface area contributed by atoms with Crippen LogP contribution in [0.4, 0.5) is 10.1 Å². The minimum absolute atomic E-state index is 0.0656. The van der Waals surface area contributed by atoms with E-state index in [1.807, 2.05) is 31.2 Å². The number of fused-ring (bicyclic) bond motifs is 1. The van der Waals surface area contributed by atoms with Crippen molar-refractivity contribution in [1.29, 1.82) is 0 Å². The molecule has 0 radical (unpaired) electrons. The minimum Gasteiger partial charge on any atom is -0.323 e. The third-order valence-electron chi connectivity index (χ3n) is 3.53. The molecule has 0 saturated carbocycles. The smallest absolute Gasteiger partial charge is 0.267 e. The molecule has 1 N–H and O–H groups in total. The summed E-state index contributed by atoms with van der Waals surface area (Å²) in [6.07, 6.45) is 0.0656. The molecule has 96 valence electrons. The third kappa shape index (κ3) is 1.91. The lowest BCUT2D eigenvalue weighted by Gasteiger charge is -2.18. The Morgan fingerprint density at radius 3 is 2.53 bits per heavy atom. The summed E-state index contributed by atoms with van der Waals surface area (Å²) in [5.74, 6) is -0.575. The summed E-state index contributed by atoms with van der Waals surface area (Å²) in [6, 6.07) is 14.5. The first-order chi connectivity index (χ1) is 9.09. The quantitative estimate of drug-likeness (QED) is 0.876. The van der Waals surface area contributed by atoms with Crippen molar-refractivity contribution < 1.29 is 9.18 Å². The van der Waals surface area contributed by atoms with Gasteiger partial charge >= 0.3 is 0 Å². The van der Waals surface area contributed by atoms with E-state index in [0.29, 0.717) is 11.3 Å². The number of amides is 1. The highest BCUT2D eigenvalue weighted by Crippen LogP contribution is 2.41. The maximum atomic E-state index is 15.1. The molecule has 1 aliphatic heterocycles. The van der Waals surface area contributed by atoms with Crippen LogP contribution in [-0.2, 0) is 16.9 Å². The topological polar surface area (TPSA) is 29.1 Å². The Hall–Kier alpha value is -2.16. The average Bonchev–Trinajstić information content (AvgIpc) is 2.65. The molecule has 1 heterocycles. The number of aryl methyl sites for hydroxylation is 1. The van der Waals surface area contributed by atoms with Gasteiger partial charge in [-0.15, -0.1) is 0 Å². The molecule has 19 heavy (non-hydrogen) atoms. The lowest BCUT2D eigenvalue weighted by atomic mass is 9.90. The summed E-state index contributed by atoms with van der Waals surface area (Å²) in [4.78, 5) is 11.9. The predicted molar refractivity (Wildman–Crippen MR) is 72.7 cm³/mol. The van der Waals surface area contributed by atoms with E-state index in [0.717, 1.165) is 11.1 Å². The Balaban J connectivity index is 1.99. The Labute approximate surface area is 111 Å². The van der Waals surface area contributed by atoms with Crippen LogP contribution in [0, 0.1) is 6.92 Å². The second-order valence-electron chi connectivity index (χ2n) is 4.96.